The van der Waals surface area contributed by atoms with E-state index in [-0.39, 0.29) is 22.4 Å². The Labute approximate surface area is 188 Å². The summed E-state index contributed by atoms with van der Waals surface area (Å²) in [6, 6.07) is 12.5. The number of para-hydroxylation sites is 2. The van der Waals surface area contributed by atoms with E-state index in [9.17, 15) is 14.9 Å². The molecule has 3 rings (SSSR count). The van der Waals surface area contributed by atoms with Crippen LogP contribution in [0.15, 0.2) is 42.5 Å². The number of piperidine rings is 1. The highest BCUT2D eigenvalue weighted by Gasteiger charge is 2.30. The zero-order valence-electron chi connectivity index (χ0n) is 19.0. The van der Waals surface area contributed by atoms with Crippen molar-refractivity contribution in [2.75, 3.05) is 38.3 Å². The summed E-state index contributed by atoms with van der Waals surface area (Å²) in [6.45, 7) is 6.81. The SMILES string of the molecule is CCOc1ccc(CN(CC)C(=O)C2CCN(c3ccccc3[N+](=O)[O-])CC2)cc1OC. The van der Waals surface area contributed by atoms with Gasteiger partial charge in [-0.3, -0.25) is 14.9 Å². The molecule has 2 aromatic carbocycles. The first-order valence-corrected chi connectivity index (χ1v) is 11.0. The summed E-state index contributed by atoms with van der Waals surface area (Å²) in [5.41, 5.74) is 1.71. The summed E-state index contributed by atoms with van der Waals surface area (Å²) < 4.78 is 11.0. The highest BCUT2D eigenvalue weighted by Crippen LogP contribution is 2.32. The Balaban J connectivity index is 1.64. The van der Waals surface area contributed by atoms with Crippen LogP contribution in [-0.2, 0) is 11.3 Å². The predicted octanol–water partition coefficient (Wildman–Crippen LogP) is 4.27. The van der Waals surface area contributed by atoms with Crippen LogP contribution in [-0.4, -0.2) is 49.1 Å². The van der Waals surface area contributed by atoms with Crippen molar-refractivity contribution in [2.24, 2.45) is 5.92 Å². The van der Waals surface area contributed by atoms with Gasteiger partial charge in [-0.25, -0.2) is 0 Å². The first-order valence-electron chi connectivity index (χ1n) is 11.0. The van der Waals surface area contributed by atoms with E-state index in [1.165, 1.54) is 6.07 Å². The fraction of sp³-hybridized carbons (Fsp3) is 0.458. The molecule has 0 radical (unpaired) electrons. The maximum absolute atomic E-state index is 13.2. The molecule has 1 aliphatic rings. The molecule has 0 atom stereocenters. The second kappa shape index (κ2) is 10.8. The number of amides is 1. The third-order valence-corrected chi connectivity index (χ3v) is 5.86. The van der Waals surface area contributed by atoms with Gasteiger partial charge in [-0.15, -0.1) is 0 Å². The van der Waals surface area contributed by atoms with Crippen molar-refractivity contribution in [3.8, 4) is 11.5 Å². The van der Waals surface area contributed by atoms with Crippen LogP contribution in [0.5, 0.6) is 11.5 Å². The zero-order valence-corrected chi connectivity index (χ0v) is 19.0. The van der Waals surface area contributed by atoms with Gasteiger partial charge in [0.2, 0.25) is 5.91 Å². The topological polar surface area (TPSA) is 85.2 Å². The van der Waals surface area contributed by atoms with Crippen LogP contribution in [0.4, 0.5) is 11.4 Å². The Morgan fingerprint density at radius 2 is 1.88 bits per heavy atom. The van der Waals surface area contributed by atoms with Gasteiger partial charge in [-0.05, 0) is 50.5 Å². The van der Waals surface area contributed by atoms with E-state index in [1.807, 2.05) is 47.9 Å². The molecule has 32 heavy (non-hydrogen) atoms. The number of carbonyl (C=O) groups is 1. The average molecular weight is 442 g/mol. The van der Waals surface area contributed by atoms with E-state index in [1.54, 1.807) is 19.2 Å². The minimum Gasteiger partial charge on any atom is -0.493 e. The number of nitro groups is 1. The van der Waals surface area contributed by atoms with Gasteiger partial charge in [0, 0.05) is 38.2 Å². The van der Waals surface area contributed by atoms with Gasteiger partial charge in [0.1, 0.15) is 5.69 Å². The maximum Gasteiger partial charge on any atom is 0.292 e. The number of methoxy groups -OCH3 is 1. The smallest absolute Gasteiger partial charge is 0.292 e. The number of nitrogens with zero attached hydrogens (tertiary/aromatic N) is 3. The first kappa shape index (κ1) is 23.4. The normalized spacial score (nSPS) is 14.2. The number of rotatable bonds is 9. The van der Waals surface area contributed by atoms with E-state index in [0.29, 0.717) is 62.8 Å². The van der Waals surface area contributed by atoms with Crippen molar-refractivity contribution in [1.82, 2.24) is 4.90 Å². The summed E-state index contributed by atoms with van der Waals surface area (Å²) in [5, 5.41) is 11.3. The monoisotopic (exact) mass is 441 g/mol. The van der Waals surface area contributed by atoms with Crippen LogP contribution in [0, 0.1) is 16.0 Å². The lowest BCUT2D eigenvalue weighted by Crippen LogP contribution is -2.42. The van der Waals surface area contributed by atoms with Gasteiger partial charge in [-0.1, -0.05) is 18.2 Å². The molecule has 1 amide bonds. The second-order valence-electron chi connectivity index (χ2n) is 7.78. The molecule has 0 aromatic heterocycles. The Morgan fingerprint density at radius 1 is 1.16 bits per heavy atom. The molecule has 1 aliphatic heterocycles. The Bertz CT molecular complexity index is 941. The summed E-state index contributed by atoms with van der Waals surface area (Å²) >= 11 is 0. The van der Waals surface area contributed by atoms with E-state index in [0.717, 1.165) is 5.56 Å². The third kappa shape index (κ3) is 5.30. The number of nitro benzene ring substituents is 1. The lowest BCUT2D eigenvalue weighted by molar-refractivity contribution is -0.384. The fourth-order valence-corrected chi connectivity index (χ4v) is 4.16. The van der Waals surface area contributed by atoms with Crippen molar-refractivity contribution >= 4 is 17.3 Å². The van der Waals surface area contributed by atoms with Crippen LogP contribution in [0.25, 0.3) is 0 Å². The zero-order chi connectivity index (χ0) is 23.1. The van der Waals surface area contributed by atoms with Crippen molar-refractivity contribution in [3.05, 3.63) is 58.1 Å². The summed E-state index contributed by atoms with van der Waals surface area (Å²) in [7, 11) is 1.61. The molecule has 8 heteroatoms. The van der Waals surface area contributed by atoms with E-state index in [4.69, 9.17) is 9.47 Å². The lowest BCUT2D eigenvalue weighted by atomic mass is 9.94. The molecule has 1 saturated heterocycles. The van der Waals surface area contributed by atoms with Gasteiger partial charge in [0.25, 0.3) is 5.69 Å². The lowest BCUT2D eigenvalue weighted by Gasteiger charge is -2.35. The van der Waals surface area contributed by atoms with Gasteiger partial charge >= 0.3 is 0 Å². The summed E-state index contributed by atoms with van der Waals surface area (Å²) in [4.78, 5) is 28.1. The van der Waals surface area contributed by atoms with Crippen molar-refractivity contribution < 1.29 is 19.2 Å². The fourth-order valence-electron chi connectivity index (χ4n) is 4.16. The highest BCUT2D eigenvalue weighted by atomic mass is 16.6. The molecule has 0 aliphatic carbocycles. The van der Waals surface area contributed by atoms with Crippen LogP contribution >= 0.6 is 0 Å². The molecule has 0 spiro atoms. The third-order valence-electron chi connectivity index (χ3n) is 5.86. The molecule has 172 valence electrons. The Hall–Kier alpha value is -3.29. The van der Waals surface area contributed by atoms with Crippen LogP contribution in [0.3, 0.4) is 0 Å². The second-order valence-corrected chi connectivity index (χ2v) is 7.78. The van der Waals surface area contributed by atoms with Gasteiger partial charge < -0.3 is 19.3 Å². The van der Waals surface area contributed by atoms with Gasteiger partial charge in [0.05, 0.1) is 18.6 Å². The van der Waals surface area contributed by atoms with Gasteiger partial charge in [-0.2, -0.15) is 0 Å². The molecule has 1 fully saturated rings. The molecule has 2 aromatic rings. The molecule has 0 N–H and O–H groups in total. The molecular formula is C24H31N3O5. The Morgan fingerprint density at radius 3 is 2.50 bits per heavy atom. The van der Waals surface area contributed by atoms with Crippen molar-refractivity contribution in [1.29, 1.82) is 0 Å². The van der Waals surface area contributed by atoms with Crippen molar-refractivity contribution in [3.63, 3.8) is 0 Å². The molecular weight excluding hydrogens is 410 g/mol. The molecule has 0 unspecified atom stereocenters. The van der Waals surface area contributed by atoms with Gasteiger partial charge in [0.15, 0.2) is 11.5 Å². The minimum atomic E-state index is -0.351. The van der Waals surface area contributed by atoms with E-state index in [2.05, 4.69) is 0 Å². The number of hydrogen-bond acceptors (Lipinski definition) is 6. The van der Waals surface area contributed by atoms with Crippen LogP contribution < -0.4 is 14.4 Å². The Kier molecular flexibility index (Phi) is 7.92. The maximum atomic E-state index is 13.2. The van der Waals surface area contributed by atoms with E-state index < -0.39 is 0 Å². The first-order chi connectivity index (χ1) is 15.5. The van der Waals surface area contributed by atoms with E-state index >= 15 is 0 Å². The van der Waals surface area contributed by atoms with Crippen LogP contribution in [0.1, 0.15) is 32.3 Å². The largest absolute Gasteiger partial charge is 0.493 e. The average Bonchev–Trinajstić information content (AvgIpc) is 2.83. The molecule has 0 saturated carbocycles. The number of benzene rings is 2. The number of anilines is 1. The minimum absolute atomic E-state index is 0.0847. The summed E-state index contributed by atoms with van der Waals surface area (Å²) in [5.74, 6) is 1.39. The number of ether oxygens (including phenoxy) is 2. The number of carbonyl (C=O) groups excluding carboxylic acids is 1. The molecule has 0 bridgehead atoms. The van der Waals surface area contributed by atoms with Crippen LogP contribution in [0.2, 0.25) is 0 Å². The highest BCUT2D eigenvalue weighted by molar-refractivity contribution is 5.79. The number of hydrogen-bond donors (Lipinski definition) is 0. The van der Waals surface area contributed by atoms with Crippen molar-refractivity contribution in [2.45, 2.75) is 33.2 Å². The molecule has 1 heterocycles. The summed E-state index contributed by atoms with van der Waals surface area (Å²) in [6.07, 6.45) is 1.35. The quantitative estimate of drug-likeness (QED) is 0.427. The molecule has 8 nitrogen and oxygen atoms in total. The predicted molar refractivity (Wildman–Crippen MR) is 123 cm³/mol. The standard InChI is InChI=1S/C24H31N3O5/c1-4-25(17-18-10-11-22(32-5-2)23(16-18)31-3)24(28)19-12-14-26(15-13-19)20-8-6-7-9-21(20)27(29)30/h6-11,16,19H,4-5,12-15,17H2,1-3H3.